The molecule has 4 aliphatic rings. The Balaban J connectivity index is 1.73. The van der Waals surface area contributed by atoms with Crippen LogP contribution in [-0.2, 0) is 33.3 Å². The predicted molar refractivity (Wildman–Crippen MR) is 193 cm³/mol. The Morgan fingerprint density at radius 2 is 1.83 bits per heavy atom. The lowest BCUT2D eigenvalue weighted by Crippen LogP contribution is -2.62. The summed E-state index contributed by atoms with van der Waals surface area (Å²) in [5.41, 5.74) is 6.49. The van der Waals surface area contributed by atoms with Gasteiger partial charge in [0.1, 0.15) is 18.1 Å². The van der Waals surface area contributed by atoms with Crippen molar-refractivity contribution in [2.75, 3.05) is 40.8 Å². The van der Waals surface area contributed by atoms with Crippen LogP contribution in [0.5, 0.6) is 0 Å². The van der Waals surface area contributed by atoms with E-state index in [1.54, 1.807) is 18.9 Å². The molecule has 15 heteroatoms. The molecule has 0 aromatic carbocycles. The Kier molecular flexibility index (Phi) is 14.4. The molecular weight excluding hydrogens is 672 g/mol. The van der Waals surface area contributed by atoms with Crippen molar-refractivity contribution in [1.29, 1.82) is 0 Å². The highest BCUT2D eigenvalue weighted by molar-refractivity contribution is 6.00. The summed E-state index contributed by atoms with van der Waals surface area (Å²) < 4.78 is 31.5. The SMILES string of the molecule is CC[C@H]1OC(=O)[C@H](C)C(=O)[C@H](C)[C@@H](O[C@@H]2OC(C)CC(N(C)C)C2O)[C@](C)(OC)C[C@@H](C)CNC(C2CC2)[C@H]2N(CCCCN=[N+]=[N-])C(=O)O[C@]12C. The van der Waals surface area contributed by atoms with E-state index in [-0.39, 0.29) is 35.8 Å². The average molecular weight is 737 g/mol. The molecule has 15 nitrogen and oxygen atoms in total. The van der Waals surface area contributed by atoms with Crippen LogP contribution in [0.15, 0.2) is 5.11 Å². The summed E-state index contributed by atoms with van der Waals surface area (Å²) in [6.07, 6.45) is 0.222. The molecule has 0 aromatic rings. The molecule has 0 radical (unpaired) electrons. The Morgan fingerprint density at radius 3 is 2.42 bits per heavy atom. The number of cyclic esters (lactones) is 1. The molecule has 0 aromatic heterocycles. The molecule has 0 bridgehead atoms. The van der Waals surface area contributed by atoms with Crippen molar-refractivity contribution in [1.82, 2.24) is 15.1 Å². The van der Waals surface area contributed by atoms with Gasteiger partial charge in [0.25, 0.3) is 0 Å². The Bertz CT molecular complexity index is 1300. The van der Waals surface area contributed by atoms with Gasteiger partial charge in [-0.2, -0.15) is 0 Å². The number of azide groups is 1. The van der Waals surface area contributed by atoms with E-state index in [2.05, 4.69) is 22.3 Å². The highest BCUT2D eigenvalue weighted by atomic mass is 16.7. The van der Waals surface area contributed by atoms with Crippen molar-refractivity contribution >= 4 is 17.8 Å². The number of nitrogens with zero attached hydrogens (tertiary/aromatic N) is 5. The number of likely N-dealkylation sites (N-methyl/N-ethyl adjacent to an activating group) is 1. The molecule has 1 amide bonds. The number of amides is 1. The van der Waals surface area contributed by atoms with Crippen LogP contribution >= 0.6 is 0 Å². The van der Waals surface area contributed by atoms with Gasteiger partial charge in [0.15, 0.2) is 17.7 Å². The predicted octanol–water partition coefficient (Wildman–Crippen LogP) is 4.44. The van der Waals surface area contributed by atoms with E-state index >= 15 is 0 Å². The summed E-state index contributed by atoms with van der Waals surface area (Å²) in [4.78, 5) is 48.5. The summed E-state index contributed by atoms with van der Waals surface area (Å²) in [5, 5.41) is 18.9. The zero-order valence-corrected chi connectivity index (χ0v) is 32.9. The van der Waals surface area contributed by atoms with Gasteiger partial charge >= 0.3 is 12.1 Å². The second kappa shape index (κ2) is 17.7. The number of Topliss-reactive ketones (excluding diaryl/α,β-unsaturated/α-hetero) is 1. The second-order valence-electron chi connectivity index (χ2n) is 16.3. The molecule has 4 fully saturated rings. The maximum atomic E-state index is 14.3. The maximum absolute atomic E-state index is 14.3. The van der Waals surface area contributed by atoms with Crippen molar-refractivity contribution in [2.24, 2.45) is 28.8 Å². The quantitative estimate of drug-likeness (QED) is 0.0763. The van der Waals surface area contributed by atoms with Gasteiger partial charge in [-0.25, -0.2) is 4.79 Å². The number of rotatable bonds is 11. The Hall–Kier alpha value is -2.52. The minimum Gasteiger partial charge on any atom is -0.458 e. The first-order valence-corrected chi connectivity index (χ1v) is 19.2. The molecule has 296 valence electrons. The van der Waals surface area contributed by atoms with E-state index in [9.17, 15) is 19.5 Å². The van der Waals surface area contributed by atoms with Crippen LogP contribution in [0, 0.1) is 23.7 Å². The van der Waals surface area contributed by atoms with Crippen LogP contribution in [0.25, 0.3) is 10.4 Å². The number of hydrogen-bond acceptors (Lipinski definition) is 12. The normalized spacial score (nSPS) is 41.0. The van der Waals surface area contributed by atoms with Crippen molar-refractivity contribution < 1.29 is 43.2 Å². The van der Waals surface area contributed by atoms with E-state index < -0.39 is 65.7 Å². The van der Waals surface area contributed by atoms with Crippen molar-refractivity contribution in [3.63, 3.8) is 0 Å². The topological polar surface area (TPSA) is 185 Å². The van der Waals surface area contributed by atoms with Gasteiger partial charge in [0.05, 0.1) is 23.9 Å². The fourth-order valence-corrected chi connectivity index (χ4v) is 8.78. The lowest BCUT2D eigenvalue weighted by atomic mass is 9.78. The molecule has 3 heterocycles. The molecule has 3 saturated heterocycles. The molecule has 13 atom stereocenters. The van der Waals surface area contributed by atoms with E-state index in [0.29, 0.717) is 51.7 Å². The molecule has 2 N–H and O–H groups in total. The molecule has 3 aliphatic heterocycles. The number of aliphatic hydroxyl groups is 1. The second-order valence-corrected chi connectivity index (χ2v) is 16.3. The number of carbonyl (C=O) groups excluding carboxylic acids is 3. The third kappa shape index (κ3) is 9.22. The largest absolute Gasteiger partial charge is 0.458 e. The van der Waals surface area contributed by atoms with Crippen LogP contribution in [0.4, 0.5) is 4.79 Å². The summed E-state index contributed by atoms with van der Waals surface area (Å²) in [6, 6.07) is -0.852. The van der Waals surface area contributed by atoms with E-state index in [1.165, 1.54) is 6.92 Å². The first-order chi connectivity index (χ1) is 24.5. The Labute approximate surface area is 309 Å². The average Bonchev–Trinajstić information content (AvgIpc) is 3.91. The lowest BCUT2D eigenvalue weighted by molar-refractivity contribution is -0.295. The number of methoxy groups -OCH3 is 1. The zero-order chi connectivity index (χ0) is 38.5. The molecule has 1 saturated carbocycles. The van der Waals surface area contributed by atoms with E-state index in [4.69, 9.17) is 29.2 Å². The fraction of sp³-hybridized carbons (Fsp3) is 0.919. The Morgan fingerprint density at radius 1 is 1.13 bits per heavy atom. The van der Waals surface area contributed by atoms with Gasteiger partial charge in [-0.3, -0.25) is 14.5 Å². The standard InChI is InChI=1S/C37H64N6O9/c1-11-27-37(7)31(43(35(47)52-37)17-13-12-16-40-41-38)28(25-14-15-25)39-20-21(2)19-36(6,48-10)32(23(4)29(44)24(5)33(46)50-27)51-34-30(45)26(42(8)9)18-22(3)49-34/h21-28,30-32,34,39,45H,11-20H2,1-10H3/t21-,22?,23+,24-,26?,27-,28?,30?,31-,32-,34+,36-,37-/m1/s1. The molecule has 4 unspecified atom stereocenters. The number of fused-ring (bicyclic) bond motifs is 1. The van der Waals surface area contributed by atoms with Gasteiger partial charge in [0, 0.05) is 43.1 Å². The van der Waals surface area contributed by atoms with Gasteiger partial charge in [-0.15, -0.1) is 0 Å². The van der Waals surface area contributed by atoms with Gasteiger partial charge in [-0.1, -0.05) is 25.9 Å². The molecule has 52 heavy (non-hydrogen) atoms. The van der Waals surface area contributed by atoms with E-state index in [0.717, 1.165) is 12.8 Å². The first-order valence-electron chi connectivity index (χ1n) is 19.2. The molecule has 0 spiro atoms. The smallest absolute Gasteiger partial charge is 0.410 e. The maximum Gasteiger partial charge on any atom is 0.410 e. The highest BCUT2D eigenvalue weighted by Gasteiger charge is 2.61. The monoisotopic (exact) mass is 736 g/mol. The lowest BCUT2D eigenvalue weighted by Gasteiger charge is -2.46. The van der Waals surface area contributed by atoms with Gasteiger partial charge in [-0.05, 0) is 111 Å². The van der Waals surface area contributed by atoms with Crippen LogP contribution in [0.1, 0.15) is 93.4 Å². The van der Waals surface area contributed by atoms with Crippen LogP contribution in [-0.4, -0.2) is 134 Å². The highest BCUT2D eigenvalue weighted by Crippen LogP contribution is 2.45. The number of ketones is 1. The number of esters is 1. The summed E-state index contributed by atoms with van der Waals surface area (Å²) >= 11 is 0. The van der Waals surface area contributed by atoms with E-state index in [1.807, 2.05) is 46.7 Å². The number of carbonyl (C=O) groups is 3. The van der Waals surface area contributed by atoms with Crippen molar-refractivity contribution in [3.8, 4) is 0 Å². The first kappa shape index (κ1) is 42.2. The zero-order valence-electron chi connectivity index (χ0n) is 32.9. The van der Waals surface area contributed by atoms with Crippen molar-refractivity contribution in [2.45, 2.75) is 153 Å². The minimum absolute atomic E-state index is 0.00854. The van der Waals surface area contributed by atoms with Crippen LogP contribution < -0.4 is 5.32 Å². The summed E-state index contributed by atoms with van der Waals surface area (Å²) in [5.74, 6) is -2.83. The van der Waals surface area contributed by atoms with Gasteiger partial charge < -0.3 is 39.0 Å². The molecular formula is C37H64N6O9. The number of hydrogen-bond donors (Lipinski definition) is 2. The van der Waals surface area contributed by atoms with Crippen LogP contribution in [0.3, 0.4) is 0 Å². The molecule has 1 aliphatic carbocycles. The third-order valence-electron chi connectivity index (χ3n) is 11.9. The summed E-state index contributed by atoms with van der Waals surface area (Å²) in [7, 11) is 5.40. The third-order valence-corrected chi connectivity index (χ3v) is 11.9. The van der Waals surface area contributed by atoms with Gasteiger partial charge in [0.2, 0.25) is 0 Å². The van der Waals surface area contributed by atoms with Crippen molar-refractivity contribution in [3.05, 3.63) is 10.4 Å². The number of nitrogens with one attached hydrogen (secondary N) is 1. The van der Waals surface area contributed by atoms with Crippen LogP contribution in [0.2, 0.25) is 0 Å². The number of unbranched alkanes of at least 4 members (excludes halogenated alkanes) is 1. The number of aliphatic hydroxyl groups excluding tert-OH is 1. The molecule has 4 rings (SSSR count). The minimum atomic E-state index is -1.20. The number of ether oxygens (including phenoxy) is 5. The summed E-state index contributed by atoms with van der Waals surface area (Å²) in [6.45, 7) is 14.2. The fourth-order valence-electron chi connectivity index (χ4n) is 8.78.